The molecule has 3 rings (SSSR count). The Morgan fingerprint density at radius 3 is 2.05 bits per heavy atom. The number of rotatable bonds is 10. The lowest BCUT2D eigenvalue weighted by atomic mass is 10.3. The first kappa shape index (κ1) is 27.8. The van der Waals surface area contributed by atoms with Crippen molar-refractivity contribution in [1.29, 1.82) is 5.41 Å². The molecule has 0 spiro atoms. The van der Waals surface area contributed by atoms with Crippen molar-refractivity contribution in [2.45, 2.75) is 6.42 Å². The minimum atomic E-state index is -0.624. The summed E-state index contributed by atoms with van der Waals surface area (Å²) in [5, 5.41) is 25.7. The molecule has 200 valence electrons. The van der Waals surface area contributed by atoms with E-state index in [1.807, 2.05) is 0 Å². The van der Waals surface area contributed by atoms with Gasteiger partial charge in [-0.05, 0) is 15.9 Å². The molecule has 0 aliphatic rings. The summed E-state index contributed by atoms with van der Waals surface area (Å²) in [6, 6.07) is 2.74. The molecule has 3 aromatic heterocycles. The summed E-state index contributed by atoms with van der Waals surface area (Å²) in [6.45, 7) is 3.65. The van der Waals surface area contributed by atoms with Gasteiger partial charge >= 0.3 is 0 Å². The number of aryl methyl sites for hydroxylation is 3. The van der Waals surface area contributed by atoms with E-state index in [0.717, 1.165) is 0 Å². The van der Waals surface area contributed by atoms with E-state index in [9.17, 15) is 19.2 Å². The number of imidazole rings is 1. The Morgan fingerprint density at radius 2 is 1.50 bits per heavy atom. The predicted molar refractivity (Wildman–Crippen MR) is 141 cm³/mol. The van der Waals surface area contributed by atoms with Crippen LogP contribution in [-0.4, -0.2) is 65.1 Å². The smallest absolute Gasteiger partial charge is 0.292 e. The van der Waals surface area contributed by atoms with Gasteiger partial charge in [0.25, 0.3) is 23.6 Å². The standard InChI is InChI=1S/C21H25BrN12O4/c1-10(22)18(35)29-16-9-32(2)17(26-16)21(38)28-15-8-12(34(4)31-15)20(37)27-14-7-11(33(3)30-14)19(36)25-6-5-13(23)24/h7-9H,1,5-6H2,2-4H3,(H3,23,24)(H,25,36)(H,29,35)(H,27,30,37)(H,28,31,38). The molecule has 0 aromatic carbocycles. The van der Waals surface area contributed by atoms with Gasteiger partial charge < -0.3 is 31.6 Å². The Bertz CT molecular complexity index is 1450. The molecule has 3 aromatic rings. The first-order chi connectivity index (χ1) is 17.8. The van der Waals surface area contributed by atoms with E-state index in [4.69, 9.17) is 11.1 Å². The second kappa shape index (κ2) is 11.5. The van der Waals surface area contributed by atoms with Crippen LogP contribution in [0.3, 0.4) is 0 Å². The number of carbonyl (C=O) groups is 4. The van der Waals surface area contributed by atoms with Gasteiger partial charge in [0.1, 0.15) is 11.4 Å². The van der Waals surface area contributed by atoms with Crippen LogP contribution in [-0.2, 0) is 25.9 Å². The molecular weight excluding hydrogens is 564 g/mol. The minimum absolute atomic E-state index is 0.0141. The fourth-order valence-corrected chi connectivity index (χ4v) is 3.26. The zero-order valence-electron chi connectivity index (χ0n) is 20.6. The van der Waals surface area contributed by atoms with E-state index in [0.29, 0.717) is 0 Å². The number of anilines is 3. The van der Waals surface area contributed by atoms with Gasteiger partial charge in [-0.1, -0.05) is 6.58 Å². The Balaban J connectivity index is 1.66. The number of nitrogens with zero attached hydrogens (tertiary/aromatic N) is 6. The third kappa shape index (κ3) is 6.69. The lowest BCUT2D eigenvalue weighted by Crippen LogP contribution is -2.29. The van der Waals surface area contributed by atoms with Gasteiger partial charge in [-0.3, -0.25) is 34.0 Å². The van der Waals surface area contributed by atoms with Gasteiger partial charge in [-0.2, -0.15) is 10.2 Å². The quantitative estimate of drug-likeness (QED) is 0.109. The first-order valence-electron chi connectivity index (χ1n) is 10.9. The number of amides is 4. The van der Waals surface area contributed by atoms with Gasteiger partial charge in [-0.15, -0.1) is 0 Å². The molecule has 7 N–H and O–H groups in total. The zero-order valence-corrected chi connectivity index (χ0v) is 22.2. The lowest BCUT2D eigenvalue weighted by molar-refractivity contribution is -0.112. The van der Waals surface area contributed by atoms with Crippen LogP contribution < -0.4 is 27.0 Å². The average Bonchev–Trinajstić information content (AvgIpc) is 3.49. The van der Waals surface area contributed by atoms with Gasteiger partial charge in [0, 0.05) is 52.4 Å². The van der Waals surface area contributed by atoms with Gasteiger partial charge in [0.15, 0.2) is 17.5 Å². The van der Waals surface area contributed by atoms with Crippen LogP contribution in [0.15, 0.2) is 29.4 Å². The molecule has 4 amide bonds. The average molecular weight is 589 g/mol. The maximum absolute atomic E-state index is 12.8. The van der Waals surface area contributed by atoms with E-state index in [1.165, 1.54) is 46.4 Å². The SMILES string of the molecule is C=C(Br)C(=O)Nc1cn(C)c(C(=O)Nc2cc(C(=O)Nc3cc(C(=O)NCCC(=N)N)n(C)n3)n(C)n2)n1. The second-order valence-electron chi connectivity index (χ2n) is 7.94. The van der Waals surface area contributed by atoms with Crippen molar-refractivity contribution >= 4 is 62.8 Å². The number of carbonyl (C=O) groups excluding carboxylic acids is 4. The molecule has 17 heteroatoms. The van der Waals surface area contributed by atoms with Crippen molar-refractivity contribution in [3.8, 4) is 0 Å². The Kier molecular flexibility index (Phi) is 8.41. The highest BCUT2D eigenvalue weighted by Crippen LogP contribution is 2.15. The Hall–Kier alpha value is -4.80. The molecule has 0 aliphatic heterocycles. The maximum Gasteiger partial charge on any atom is 0.292 e. The molecule has 0 bridgehead atoms. The molecule has 0 aliphatic carbocycles. The monoisotopic (exact) mass is 588 g/mol. The molecule has 16 nitrogen and oxygen atoms in total. The van der Waals surface area contributed by atoms with Crippen molar-refractivity contribution in [1.82, 2.24) is 34.4 Å². The summed E-state index contributed by atoms with van der Waals surface area (Å²) >= 11 is 2.96. The zero-order chi connectivity index (χ0) is 28.1. The second-order valence-corrected chi connectivity index (χ2v) is 8.89. The van der Waals surface area contributed by atoms with E-state index in [2.05, 4.69) is 59.0 Å². The van der Waals surface area contributed by atoms with Gasteiger partial charge in [-0.25, -0.2) is 4.98 Å². The molecule has 0 fully saturated rings. The summed E-state index contributed by atoms with van der Waals surface area (Å²) in [4.78, 5) is 53.7. The summed E-state index contributed by atoms with van der Waals surface area (Å²) in [5.41, 5.74) is 5.57. The number of hydrogen-bond donors (Lipinski definition) is 6. The van der Waals surface area contributed by atoms with Crippen molar-refractivity contribution < 1.29 is 19.2 Å². The largest absolute Gasteiger partial charge is 0.388 e. The highest BCUT2D eigenvalue weighted by molar-refractivity contribution is 9.12. The van der Waals surface area contributed by atoms with Crippen LogP contribution in [0.1, 0.15) is 38.0 Å². The summed E-state index contributed by atoms with van der Waals surface area (Å²) in [5.74, 6) is -1.88. The molecule has 0 radical (unpaired) electrons. The third-order valence-corrected chi connectivity index (χ3v) is 5.32. The normalized spacial score (nSPS) is 10.5. The number of halogens is 1. The van der Waals surface area contributed by atoms with Crippen LogP contribution in [0.4, 0.5) is 17.5 Å². The lowest BCUT2D eigenvalue weighted by Gasteiger charge is -2.03. The van der Waals surface area contributed by atoms with Gasteiger partial charge in [0.2, 0.25) is 5.82 Å². The number of aromatic nitrogens is 6. The molecule has 0 saturated heterocycles. The van der Waals surface area contributed by atoms with Crippen molar-refractivity contribution in [3.63, 3.8) is 0 Å². The van der Waals surface area contributed by atoms with Crippen LogP contribution in [0.5, 0.6) is 0 Å². The predicted octanol–water partition coefficient (Wildman–Crippen LogP) is 0.295. The first-order valence-corrected chi connectivity index (χ1v) is 11.7. The van der Waals surface area contributed by atoms with Crippen molar-refractivity contribution in [3.05, 3.63) is 46.6 Å². The number of amidine groups is 1. The highest BCUT2D eigenvalue weighted by atomic mass is 79.9. The topological polar surface area (TPSA) is 220 Å². The Morgan fingerprint density at radius 1 is 0.947 bits per heavy atom. The molecular formula is C21H25BrN12O4. The number of nitrogens with two attached hydrogens (primary N) is 1. The maximum atomic E-state index is 12.8. The number of nitrogens with one attached hydrogen (secondary N) is 5. The number of hydrogen-bond acceptors (Lipinski definition) is 8. The molecule has 0 saturated carbocycles. The Labute approximate surface area is 224 Å². The fraction of sp³-hybridized carbons (Fsp3) is 0.238. The van der Waals surface area contributed by atoms with Crippen molar-refractivity contribution in [2.75, 3.05) is 22.5 Å². The minimum Gasteiger partial charge on any atom is -0.388 e. The fourth-order valence-electron chi connectivity index (χ4n) is 3.16. The molecule has 0 unspecified atom stereocenters. The van der Waals surface area contributed by atoms with Crippen molar-refractivity contribution in [2.24, 2.45) is 26.9 Å². The molecule has 0 atom stereocenters. The third-order valence-electron chi connectivity index (χ3n) is 4.96. The van der Waals surface area contributed by atoms with E-state index in [-0.39, 0.29) is 57.9 Å². The molecule has 3 heterocycles. The van der Waals surface area contributed by atoms with E-state index < -0.39 is 23.6 Å². The van der Waals surface area contributed by atoms with E-state index in [1.54, 1.807) is 7.05 Å². The van der Waals surface area contributed by atoms with Crippen LogP contribution >= 0.6 is 15.9 Å². The summed E-state index contributed by atoms with van der Waals surface area (Å²) in [7, 11) is 4.62. The summed E-state index contributed by atoms with van der Waals surface area (Å²) in [6.07, 6.45) is 1.66. The molecule has 38 heavy (non-hydrogen) atoms. The van der Waals surface area contributed by atoms with Crippen LogP contribution in [0.2, 0.25) is 0 Å². The summed E-state index contributed by atoms with van der Waals surface area (Å²) < 4.78 is 4.07. The van der Waals surface area contributed by atoms with E-state index >= 15 is 0 Å². The van der Waals surface area contributed by atoms with Crippen LogP contribution in [0.25, 0.3) is 0 Å². The highest BCUT2D eigenvalue weighted by Gasteiger charge is 2.21. The van der Waals surface area contributed by atoms with Crippen LogP contribution in [0, 0.1) is 5.41 Å². The van der Waals surface area contributed by atoms with Gasteiger partial charge in [0.05, 0.1) is 10.3 Å².